The van der Waals surface area contributed by atoms with Gasteiger partial charge in [-0.05, 0) is 17.7 Å². The van der Waals surface area contributed by atoms with Crippen molar-refractivity contribution in [1.82, 2.24) is 0 Å². The van der Waals surface area contributed by atoms with Crippen LogP contribution in [0.5, 0.6) is 17.2 Å². The average molecular weight is 299 g/mol. The van der Waals surface area contributed by atoms with E-state index in [1.165, 1.54) is 0 Å². The van der Waals surface area contributed by atoms with E-state index in [2.05, 4.69) is 0 Å². The van der Waals surface area contributed by atoms with E-state index in [0.717, 1.165) is 5.56 Å². The summed E-state index contributed by atoms with van der Waals surface area (Å²) < 4.78 is 15.6. The second kappa shape index (κ2) is 9.10. The molecule has 0 saturated carbocycles. The Morgan fingerprint density at radius 3 is 1.72 bits per heavy atom. The number of hydrogen-bond acceptors (Lipinski definition) is 5. The van der Waals surface area contributed by atoms with Crippen LogP contribution in [0.1, 0.15) is 11.6 Å². The van der Waals surface area contributed by atoms with Crippen molar-refractivity contribution in [3.63, 3.8) is 0 Å². The number of hydrogen-bond donors (Lipinski definition) is 2. The zero-order valence-corrected chi connectivity index (χ0v) is 12.3. The lowest BCUT2D eigenvalue weighted by Crippen LogP contribution is -2.20. The van der Waals surface area contributed by atoms with Gasteiger partial charge in [0.2, 0.25) is 5.75 Å². The maximum atomic E-state index is 5.86. The third kappa shape index (κ3) is 4.10. The van der Waals surface area contributed by atoms with E-state index < -0.39 is 0 Å². The Bertz CT molecular complexity index is 339. The Hall–Kier alpha value is -0.880. The summed E-state index contributed by atoms with van der Waals surface area (Å²) in [6.07, 6.45) is 0. The lowest BCUT2D eigenvalue weighted by molar-refractivity contribution is 0.323. The van der Waals surface area contributed by atoms with E-state index in [9.17, 15) is 0 Å². The highest BCUT2D eigenvalue weighted by atomic mass is 35.5. The summed E-state index contributed by atoms with van der Waals surface area (Å²) in [4.78, 5) is 0. The van der Waals surface area contributed by atoms with E-state index in [4.69, 9.17) is 25.7 Å². The molecule has 0 spiro atoms. The summed E-state index contributed by atoms with van der Waals surface area (Å²) in [5.41, 5.74) is 12.2. The molecule has 0 heterocycles. The largest absolute Gasteiger partial charge is 0.493 e. The molecular weight excluding hydrogens is 279 g/mol. The molecule has 0 aliphatic rings. The lowest BCUT2D eigenvalue weighted by Gasteiger charge is -2.16. The van der Waals surface area contributed by atoms with Crippen molar-refractivity contribution < 1.29 is 14.2 Å². The highest BCUT2D eigenvalue weighted by Crippen LogP contribution is 2.39. The summed E-state index contributed by atoms with van der Waals surface area (Å²) in [6, 6.07) is 3.37. The normalized spacial score (nSPS) is 10.7. The van der Waals surface area contributed by atoms with Crippen molar-refractivity contribution in [1.29, 1.82) is 0 Å². The smallest absolute Gasteiger partial charge is 0.203 e. The van der Waals surface area contributed by atoms with E-state index in [0.29, 0.717) is 23.8 Å². The van der Waals surface area contributed by atoms with Crippen LogP contribution in [0, 0.1) is 0 Å². The topological polar surface area (TPSA) is 79.7 Å². The quantitative estimate of drug-likeness (QED) is 0.861. The van der Waals surface area contributed by atoms with E-state index >= 15 is 0 Å². The van der Waals surface area contributed by atoms with E-state index in [1.807, 2.05) is 0 Å². The summed E-state index contributed by atoms with van der Waals surface area (Å²) in [5, 5.41) is 0. The Kier molecular flexibility index (Phi) is 9.84. The van der Waals surface area contributed by atoms with Crippen LogP contribution in [0.25, 0.3) is 0 Å². The number of methoxy groups -OCH3 is 3. The minimum absolute atomic E-state index is 0. The van der Waals surface area contributed by atoms with Gasteiger partial charge in [0.1, 0.15) is 0 Å². The molecule has 1 atom stereocenters. The molecule has 1 aromatic rings. The molecule has 18 heavy (non-hydrogen) atoms. The lowest BCUT2D eigenvalue weighted by atomic mass is 10.1. The number of ether oxygens (including phenoxy) is 3. The number of benzene rings is 1. The van der Waals surface area contributed by atoms with Crippen LogP contribution in [0.3, 0.4) is 0 Å². The van der Waals surface area contributed by atoms with Gasteiger partial charge in [0.15, 0.2) is 11.5 Å². The van der Waals surface area contributed by atoms with Gasteiger partial charge >= 0.3 is 0 Å². The highest BCUT2D eigenvalue weighted by molar-refractivity contribution is 5.85. The third-order valence-electron chi connectivity index (χ3n) is 2.37. The number of rotatable bonds is 5. The molecule has 5 nitrogen and oxygen atoms in total. The van der Waals surface area contributed by atoms with Crippen LogP contribution in [-0.4, -0.2) is 27.9 Å². The molecular formula is C11H20Cl2N2O3. The molecule has 0 radical (unpaired) electrons. The van der Waals surface area contributed by atoms with Crippen LogP contribution >= 0.6 is 24.8 Å². The van der Waals surface area contributed by atoms with E-state index in [-0.39, 0.29) is 30.9 Å². The van der Waals surface area contributed by atoms with Crippen molar-refractivity contribution in [3.05, 3.63) is 17.7 Å². The molecule has 0 amide bonds. The Morgan fingerprint density at radius 2 is 1.44 bits per heavy atom. The Balaban J connectivity index is 0. The SMILES string of the molecule is COc1cc([C@H](N)CN)cc(OC)c1OC.Cl.Cl. The molecule has 1 aromatic carbocycles. The summed E-state index contributed by atoms with van der Waals surface area (Å²) in [6.45, 7) is 0.360. The Labute approximate surface area is 120 Å². The number of halogens is 2. The van der Waals surface area contributed by atoms with Gasteiger partial charge in [-0.15, -0.1) is 24.8 Å². The first-order chi connectivity index (χ1) is 7.67. The van der Waals surface area contributed by atoms with Crippen molar-refractivity contribution in [3.8, 4) is 17.2 Å². The van der Waals surface area contributed by atoms with Crippen LogP contribution in [0.15, 0.2) is 12.1 Å². The molecule has 0 fully saturated rings. The van der Waals surface area contributed by atoms with Gasteiger partial charge in [-0.3, -0.25) is 0 Å². The molecule has 4 N–H and O–H groups in total. The summed E-state index contributed by atoms with van der Waals surface area (Å²) >= 11 is 0. The number of nitrogens with two attached hydrogens (primary N) is 2. The second-order valence-corrected chi connectivity index (χ2v) is 3.30. The van der Waals surface area contributed by atoms with Gasteiger partial charge in [0.05, 0.1) is 21.3 Å². The van der Waals surface area contributed by atoms with E-state index in [1.54, 1.807) is 33.5 Å². The van der Waals surface area contributed by atoms with Gasteiger partial charge in [-0.2, -0.15) is 0 Å². The first-order valence-corrected chi connectivity index (χ1v) is 4.93. The van der Waals surface area contributed by atoms with Gasteiger partial charge in [0.25, 0.3) is 0 Å². The standard InChI is InChI=1S/C11H18N2O3.2ClH/c1-14-9-4-7(8(13)6-12)5-10(15-2)11(9)16-3;;/h4-5,8H,6,12-13H2,1-3H3;2*1H/t8-;;/m1../s1. The monoisotopic (exact) mass is 298 g/mol. The fourth-order valence-corrected chi connectivity index (χ4v) is 1.45. The maximum absolute atomic E-state index is 5.86. The van der Waals surface area contributed by atoms with Crippen molar-refractivity contribution in [2.75, 3.05) is 27.9 Å². The minimum Gasteiger partial charge on any atom is -0.493 e. The molecule has 7 heteroatoms. The first-order valence-electron chi connectivity index (χ1n) is 4.93. The fourth-order valence-electron chi connectivity index (χ4n) is 1.45. The van der Waals surface area contributed by atoms with Crippen molar-refractivity contribution in [2.45, 2.75) is 6.04 Å². The second-order valence-electron chi connectivity index (χ2n) is 3.30. The zero-order valence-electron chi connectivity index (χ0n) is 10.6. The van der Waals surface area contributed by atoms with Gasteiger partial charge in [-0.25, -0.2) is 0 Å². The van der Waals surface area contributed by atoms with Crippen LogP contribution in [-0.2, 0) is 0 Å². The summed E-state index contributed by atoms with van der Waals surface area (Å²) in [7, 11) is 4.69. The van der Waals surface area contributed by atoms with Crippen LogP contribution < -0.4 is 25.7 Å². The first kappa shape index (κ1) is 19.5. The molecule has 0 saturated heterocycles. The molecule has 1 rings (SSSR count). The predicted molar refractivity (Wildman–Crippen MR) is 76.6 cm³/mol. The molecule has 106 valence electrons. The van der Waals surface area contributed by atoms with Gasteiger partial charge in [0, 0.05) is 12.6 Å². The maximum Gasteiger partial charge on any atom is 0.203 e. The third-order valence-corrected chi connectivity index (χ3v) is 2.37. The van der Waals surface area contributed by atoms with Gasteiger partial charge < -0.3 is 25.7 Å². The predicted octanol–water partition coefficient (Wildman–Crippen LogP) is 1.51. The molecule has 0 aliphatic carbocycles. The van der Waals surface area contributed by atoms with Crippen LogP contribution in [0.4, 0.5) is 0 Å². The zero-order chi connectivity index (χ0) is 12.1. The minimum atomic E-state index is -0.242. The molecule has 0 bridgehead atoms. The summed E-state index contributed by atoms with van der Waals surface area (Å²) in [5.74, 6) is 1.72. The van der Waals surface area contributed by atoms with Crippen molar-refractivity contribution in [2.24, 2.45) is 11.5 Å². The average Bonchev–Trinajstić information content (AvgIpc) is 2.35. The highest BCUT2D eigenvalue weighted by Gasteiger charge is 2.15. The van der Waals surface area contributed by atoms with Crippen LogP contribution in [0.2, 0.25) is 0 Å². The van der Waals surface area contributed by atoms with Gasteiger partial charge in [-0.1, -0.05) is 0 Å². The van der Waals surface area contributed by atoms with Crippen molar-refractivity contribution >= 4 is 24.8 Å². The Morgan fingerprint density at radius 1 is 1.00 bits per heavy atom. The molecule has 0 aliphatic heterocycles. The molecule has 0 unspecified atom stereocenters. The fraction of sp³-hybridized carbons (Fsp3) is 0.455. The molecule has 0 aromatic heterocycles.